The number of rotatable bonds is 12. The van der Waals surface area contributed by atoms with Gasteiger partial charge in [0.15, 0.2) is 11.4 Å². The predicted molar refractivity (Wildman–Crippen MR) is 153 cm³/mol. The molecular formula is C29H34Cl2N4O5. The van der Waals surface area contributed by atoms with Gasteiger partial charge in [0.1, 0.15) is 5.15 Å². The summed E-state index contributed by atoms with van der Waals surface area (Å²) in [4.78, 5) is 27.5. The number of amides is 2. The van der Waals surface area contributed by atoms with Gasteiger partial charge in [0.2, 0.25) is 11.8 Å². The largest absolute Gasteiger partial charge is 0.392 e. The van der Waals surface area contributed by atoms with Crippen molar-refractivity contribution in [3.05, 3.63) is 81.9 Å². The number of unbranched alkanes of at least 4 members (excludes halogenated alkanes) is 2. The molecule has 0 saturated carbocycles. The molecule has 0 aliphatic carbocycles. The third-order valence-corrected chi connectivity index (χ3v) is 7.41. The lowest BCUT2D eigenvalue weighted by molar-refractivity contribution is -0.252. The number of aromatic nitrogens is 2. The SMILES string of the molecule is CC(=O)NCCCCCC(=O)Nc1cccc(C2OC(Cn3cnc(Cl)c3Cl)CC(c3ccc(CO)cc3)O2)c1. The second kappa shape index (κ2) is 14.6. The van der Waals surface area contributed by atoms with E-state index in [1.54, 1.807) is 10.9 Å². The molecular weight excluding hydrogens is 555 g/mol. The van der Waals surface area contributed by atoms with E-state index in [1.165, 1.54) is 6.92 Å². The Morgan fingerprint density at radius 2 is 1.88 bits per heavy atom. The van der Waals surface area contributed by atoms with E-state index in [2.05, 4.69) is 15.6 Å². The van der Waals surface area contributed by atoms with Crippen molar-refractivity contribution in [2.45, 2.75) is 70.7 Å². The molecule has 3 N–H and O–H groups in total. The highest BCUT2D eigenvalue weighted by molar-refractivity contribution is 6.40. The van der Waals surface area contributed by atoms with Crippen molar-refractivity contribution in [2.75, 3.05) is 11.9 Å². The lowest BCUT2D eigenvalue weighted by atomic mass is 10.00. The van der Waals surface area contributed by atoms with Crippen LogP contribution in [-0.2, 0) is 32.2 Å². The third kappa shape index (κ3) is 8.52. The summed E-state index contributed by atoms with van der Waals surface area (Å²) in [7, 11) is 0. The van der Waals surface area contributed by atoms with Crippen molar-refractivity contribution in [3.63, 3.8) is 0 Å². The number of carbonyl (C=O) groups is 2. The maximum Gasteiger partial charge on any atom is 0.224 e. The summed E-state index contributed by atoms with van der Waals surface area (Å²) in [5.74, 6) is -0.121. The van der Waals surface area contributed by atoms with Crippen LogP contribution in [0, 0.1) is 0 Å². The minimum atomic E-state index is -0.690. The Kier molecular flexibility index (Phi) is 11.0. The second-order valence-corrected chi connectivity index (χ2v) is 10.5. The van der Waals surface area contributed by atoms with Crippen LogP contribution in [-0.4, -0.2) is 39.1 Å². The number of nitrogens with zero attached hydrogens (tertiary/aromatic N) is 2. The number of hydrogen-bond acceptors (Lipinski definition) is 6. The van der Waals surface area contributed by atoms with Crippen LogP contribution >= 0.6 is 23.2 Å². The van der Waals surface area contributed by atoms with E-state index < -0.39 is 6.29 Å². The van der Waals surface area contributed by atoms with Crippen molar-refractivity contribution >= 4 is 40.7 Å². The van der Waals surface area contributed by atoms with E-state index in [-0.39, 0.29) is 35.8 Å². The zero-order valence-electron chi connectivity index (χ0n) is 22.3. The molecule has 2 heterocycles. The topological polar surface area (TPSA) is 115 Å². The molecule has 9 nitrogen and oxygen atoms in total. The second-order valence-electron chi connectivity index (χ2n) is 9.80. The lowest BCUT2D eigenvalue weighted by Crippen LogP contribution is -2.32. The van der Waals surface area contributed by atoms with Crippen LogP contribution in [0.2, 0.25) is 10.3 Å². The number of halogens is 2. The molecule has 3 unspecified atom stereocenters. The number of carbonyl (C=O) groups excluding carboxylic acids is 2. The molecule has 3 aromatic rings. The Morgan fingerprint density at radius 1 is 1.07 bits per heavy atom. The first-order chi connectivity index (χ1) is 19.3. The minimum Gasteiger partial charge on any atom is -0.392 e. The number of benzene rings is 2. The number of aliphatic hydroxyl groups excluding tert-OH is 1. The van der Waals surface area contributed by atoms with Crippen molar-refractivity contribution in [2.24, 2.45) is 0 Å². The molecule has 1 fully saturated rings. The normalized spacial score (nSPS) is 18.9. The molecule has 40 heavy (non-hydrogen) atoms. The van der Waals surface area contributed by atoms with Crippen molar-refractivity contribution in [1.29, 1.82) is 0 Å². The molecule has 1 aliphatic heterocycles. The number of hydrogen-bond donors (Lipinski definition) is 3. The monoisotopic (exact) mass is 588 g/mol. The van der Waals surface area contributed by atoms with Crippen molar-refractivity contribution in [1.82, 2.24) is 14.9 Å². The average Bonchev–Trinajstić information content (AvgIpc) is 3.27. The Bertz CT molecular complexity index is 1280. The van der Waals surface area contributed by atoms with Gasteiger partial charge in [0, 0.05) is 37.6 Å². The summed E-state index contributed by atoms with van der Waals surface area (Å²) in [5.41, 5.74) is 3.21. The van der Waals surface area contributed by atoms with Crippen molar-refractivity contribution < 1.29 is 24.2 Å². The van der Waals surface area contributed by atoms with Gasteiger partial charge < -0.3 is 29.8 Å². The third-order valence-electron chi connectivity index (χ3n) is 6.65. The molecule has 11 heteroatoms. The first kappa shape index (κ1) is 30.0. The van der Waals surface area contributed by atoms with Crippen LogP contribution in [0.3, 0.4) is 0 Å². The highest BCUT2D eigenvalue weighted by Crippen LogP contribution is 2.39. The highest BCUT2D eigenvalue weighted by atomic mass is 35.5. The molecule has 1 aliphatic rings. The molecule has 0 spiro atoms. The van der Waals surface area contributed by atoms with Gasteiger partial charge in [-0.1, -0.05) is 66.0 Å². The van der Waals surface area contributed by atoms with Gasteiger partial charge in [-0.15, -0.1) is 0 Å². The summed E-state index contributed by atoms with van der Waals surface area (Å²) >= 11 is 12.4. The van der Waals surface area contributed by atoms with E-state index in [9.17, 15) is 14.7 Å². The van der Waals surface area contributed by atoms with Gasteiger partial charge in [-0.2, -0.15) is 0 Å². The highest BCUT2D eigenvalue weighted by Gasteiger charge is 2.33. The average molecular weight is 590 g/mol. The quantitative estimate of drug-likeness (QED) is 0.238. The van der Waals surface area contributed by atoms with Gasteiger partial charge in [-0.25, -0.2) is 4.98 Å². The van der Waals surface area contributed by atoms with E-state index in [1.807, 2.05) is 48.5 Å². The molecule has 214 valence electrons. The van der Waals surface area contributed by atoms with E-state index in [0.717, 1.165) is 36.0 Å². The van der Waals surface area contributed by atoms with Gasteiger partial charge >= 0.3 is 0 Å². The van der Waals surface area contributed by atoms with Gasteiger partial charge in [0.25, 0.3) is 0 Å². The van der Waals surface area contributed by atoms with Gasteiger partial charge in [0.05, 0.1) is 31.7 Å². The number of ether oxygens (including phenoxy) is 2. The minimum absolute atomic E-state index is 0.0321. The standard InChI is InChI=1S/C29H34Cl2N4O5/c1-19(37)32-13-4-2-3-8-26(38)34-23-7-5-6-22(14-23)29-39-24(16-35-18-33-27(30)28(35)31)15-25(40-29)21-11-9-20(17-36)10-12-21/h5-7,9-12,14,18,24-25,29,36H,2-4,8,13,15-17H2,1H3,(H,32,37)(H,34,38). The van der Waals surface area contributed by atoms with Crippen LogP contribution in [0.15, 0.2) is 54.9 Å². The summed E-state index contributed by atoms with van der Waals surface area (Å²) in [6.07, 6.45) is 3.74. The molecule has 2 aromatic carbocycles. The molecule has 0 radical (unpaired) electrons. The fraction of sp³-hybridized carbons (Fsp3) is 0.414. The first-order valence-electron chi connectivity index (χ1n) is 13.3. The number of imidazole rings is 1. The van der Waals surface area contributed by atoms with E-state index in [0.29, 0.717) is 36.8 Å². The fourth-order valence-electron chi connectivity index (χ4n) is 4.56. The predicted octanol–water partition coefficient (Wildman–Crippen LogP) is 5.56. The van der Waals surface area contributed by atoms with Crippen molar-refractivity contribution in [3.8, 4) is 0 Å². The van der Waals surface area contributed by atoms with E-state index >= 15 is 0 Å². The van der Waals surface area contributed by atoms with Gasteiger partial charge in [-0.3, -0.25) is 9.59 Å². The van der Waals surface area contributed by atoms with E-state index in [4.69, 9.17) is 32.7 Å². The Hall–Kier alpha value is -2.95. The summed E-state index contributed by atoms with van der Waals surface area (Å²) in [6, 6.07) is 15.1. The van der Waals surface area contributed by atoms with Crippen LogP contribution < -0.4 is 10.6 Å². The number of anilines is 1. The molecule has 1 saturated heterocycles. The summed E-state index contributed by atoms with van der Waals surface area (Å²) in [6.45, 7) is 2.51. The summed E-state index contributed by atoms with van der Waals surface area (Å²) in [5, 5.41) is 15.7. The maximum absolute atomic E-state index is 12.5. The van der Waals surface area contributed by atoms with Crippen LogP contribution in [0.1, 0.15) is 68.1 Å². The molecule has 0 bridgehead atoms. The van der Waals surface area contributed by atoms with Gasteiger partial charge in [-0.05, 0) is 36.1 Å². The Labute approximate surface area is 243 Å². The number of aliphatic hydroxyl groups is 1. The maximum atomic E-state index is 12.5. The zero-order valence-corrected chi connectivity index (χ0v) is 23.8. The smallest absolute Gasteiger partial charge is 0.224 e. The molecule has 3 atom stereocenters. The molecule has 4 rings (SSSR count). The first-order valence-corrected chi connectivity index (χ1v) is 14.1. The van der Waals surface area contributed by atoms with Crippen LogP contribution in [0.25, 0.3) is 0 Å². The fourth-order valence-corrected chi connectivity index (χ4v) is 4.87. The Morgan fingerprint density at radius 3 is 2.58 bits per heavy atom. The van der Waals surface area contributed by atoms with Crippen LogP contribution in [0.5, 0.6) is 0 Å². The zero-order chi connectivity index (χ0) is 28.5. The lowest BCUT2D eigenvalue weighted by Gasteiger charge is -2.36. The summed E-state index contributed by atoms with van der Waals surface area (Å²) < 4.78 is 14.5. The Balaban J connectivity index is 1.43. The van der Waals surface area contributed by atoms with Crippen LogP contribution in [0.4, 0.5) is 5.69 Å². The number of nitrogens with one attached hydrogen (secondary N) is 2. The molecule has 2 amide bonds. The molecule has 1 aromatic heterocycles.